The molecule has 4 nitrogen and oxygen atoms in total. The van der Waals surface area contributed by atoms with Crippen LogP contribution in [0.4, 0.5) is 0 Å². The van der Waals surface area contributed by atoms with Gasteiger partial charge in [-0.2, -0.15) is 0 Å². The summed E-state index contributed by atoms with van der Waals surface area (Å²) in [7, 11) is 0. The molecule has 0 aliphatic heterocycles. The highest BCUT2D eigenvalue weighted by molar-refractivity contribution is 5.74. The third-order valence-electron chi connectivity index (χ3n) is 2.63. The monoisotopic (exact) mass is 204 g/mol. The minimum atomic E-state index is 0.172. The van der Waals surface area contributed by atoms with Crippen molar-refractivity contribution in [3.8, 4) is 0 Å². The van der Waals surface area contributed by atoms with Crippen LogP contribution in [0, 0.1) is 6.92 Å². The van der Waals surface area contributed by atoms with Crippen LogP contribution in [0.2, 0.25) is 0 Å². The van der Waals surface area contributed by atoms with Crippen LogP contribution in [0.3, 0.4) is 0 Å². The van der Waals surface area contributed by atoms with Gasteiger partial charge in [-0.25, -0.2) is 9.97 Å². The Morgan fingerprint density at radius 1 is 1.53 bits per heavy atom. The van der Waals surface area contributed by atoms with Gasteiger partial charge in [0.1, 0.15) is 5.82 Å². The van der Waals surface area contributed by atoms with E-state index in [1.165, 1.54) is 5.56 Å². The number of hydrogen-bond acceptors (Lipinski definition) is 3. The number of H-pyrrole nitrogens is 1. The topological polar surface area (TPSA) is 67.6 Å². The molecule has 0 aliphatic carbocycles. The number of aryl methyl sites for hydroxylation is 1. The molecule has 1 unspecified atom stereocenters. The lowest BCUT2D eigenvalue weighted by Crippen LogP contribution is -2.21. The first kappa shape index (κ1) is 10.1. The molecule has 0 fully saturated rings. The Morgan fingerprint density at radius 3 is 3.00 bits per heavy atom. The summed E-state index contributed by atoms with van der Waals surface area (Å²) in [6.45, 7) is 4.13. The van der Waals surface area contributed by atoms with Crippen molar-refractivity contribution in [2.75, 3.05) is 0 Å². The van der Waals surface area contributed by atoms with Gasteiger partial charge in [-0.15, -0.1) is 0 Å². The number of nitrogens with one attached hydrogen (secondary N) is 1. The molecule has 3 N–H and O–H groups in total. The number of rotatable bonds is 3. The van der Waals surface area contributed by atoms with E-state index in [-0.39, 0.29) is 6.04 Å². The zero-order valence-corrected chi connectivity index (χ0v) is 9.12. The normalized spacial score (nSPS) is 13.3. The molecule has 0 radical (unpaired) electrons. The molecule has 2 aromatic heterocycles. The smallest absolute Gasteiger partial charge is 0.177 e. The van der Waals surface area contributed by atoms with Gasteiger partial charge in [-0.05, 0) is 25.0 Å². The van der Waals surface area contributed by atoms with Crippen molar-refractivity contribution in [2.45, 2.75) is 32.7 Å². The van der Waals surface area contributed by atoms with Crippen molar-refractivity contribution >= 4 is 11.2 Å². The zero-order valence-electron chi connectivity index (χ0n) is 9.12. The molecule has 2 heterocycles. The Balaban J connectivity index is 2.35. The molecular weight excluding hydrogens is 188 g/mol. The second kappa shape index (κ2) is 3.98. The first-order chi connectivity index (χ1) is 7.20. The van der Waals surface area contributed by atoms with E-state index in [4.69, 9.17) is 5.73 Å². The van der Waals surface area contributed by atoms with Crippen molar-refractivity contribution in [1.29, 1.82) is 0 Å². The van der Waals surface area contributed by atoms with Gasteiger partial charge in [0.15, 0.2) is 5.65 Å². The summed E-state index contributed by atoms with van der Waals surface area (Å²) in [6, 6.07) is 2.15. The quantitative estimate of drug-likeness (QED) is 0.797. The van der Waals surface area contributed by atoms with Crippen LogP contribution in [-0.2, 0) is 6.42 Å². The Kier molecular flexibility index (Phi) is 2.68. The molecule has 0 aliphatic rings. The average molecular weight is 204 g/mol. The van der Waals surface area contributed by atoms with Gasteiger partial charge >= 0.3 is 0 Å². The third kappa shape index (κ3) is 1.99. The first-order valence-corrected chi connectivity index (χ1v) is 5.26. The molecule has 15 heavy (non-hydrogen) atoms. The maximum atomic E-state index is 5.88. The number of fused-ring (bicyclic) bond motifs is 1. The number of nitrogens with zero attached hydrogens (tertiary/aromatic N) is 2. The number of pyridine rings is 1. The number of aromatic nitrogens is 3. The highest BCUT2D eigenvalue weighted by Gasteiger charge is 2.08. The van der Waals surface area contributed by atoms with Crippen LogP contribution >= 0.6 is 0 Å². The predicted molar refractivity (Wildman–Crippen MR) is 60.6 cm³/mol. The first-order valence-electron chi connectivity index (χ1n) is 5.26. The fourth-order valence-electron chi connectivity index (χ4n) is 1.57. The third-order valence-corrected chi connectivity index (χ3v) is 2.63. The van der Waals surface area contributed by atoms with Gasteiger partial charge in [0.2, 0.25) is 0 Å². The molecule has 80 valence electrons. The molecule has 0 amide bonds. The number of hydrogen-bond donors (Lipinski definition) is 2. The minimum Gasteiger partial charge on any atom is -0.340 e. The van der Waals surface area contributed by atoms with Crippen molar-refractivity contribution < 1.29 is 0 Å². The van der Waals surface area contributed by atoms with Crippen molar-refractivity contribution in [2.24, 2.45) is 5.73 Å². The van der Waals surface area contributed by atoms with Crippen LogP contribution in [-0.4, -0.2) is 21.0 Å². The number of nitrogens with two attached hydrogens (primary N) is 1. The molecule has 0 saturated carbocycles. The SMILES string of the molecule is CCC(N)Cc1nc2nccc(C)c2[nH]1. The lowest BCUT2D eigenvalue weighted by atomic mass is 10.2. The van der Waals surface area contributed by atoms with E-state index in [0.717, 1.165) is 29.8 Å². The minimum absolute atomic E-state index is 0.172. The molecule has 0 spiro atoms. The summed E-state index contributed by atoms with van der Waals surface area (Å²) >= 11 is 0. The van der Waals surface area contributed by atoms with Gasteiger partial charge in [0, 0.05) is 18.7 Å². The summed E-state index contributed by atoms with van der Waals surface area (Å²) in [6.07, 6.45) is 3.53. The Labute approximate surface area is 88.9 Å². The van der Waals surface area contributed by atoms with Crippen LogP contribution in [0.1, 0.15) is 24.7 Å². The van der Waals surface area contributed by atoms with Crippen LogP contribution < -0.4 is 5.73 Å². The number of imidazole rings is 1. The van der Waals surface area contributed by atoms with E-state index in [1.54, 1.807) is 6.20 Å². The molecule has 0 bridgehead atoms. The Bertz CT molecular complexity index is 461. The molecule has 2 aromatic rings. The lowest BCUT2D eigenvalue weighted by molar-refractivity contribution is 0.630. The van der Waals surface area contributed by atoms with E-state index in [1.807, 2.05) is 13.0 Å². The maximum absolute atomic E-state index is 5.88. The zero-order chi connectivity index (χ0) is 10.8. The molecule has 2 rings (SSSR count). The van der Waals surface area contributed by atoms with Gasteiger partial charge in [-0.1, -0.05) is 6.92 Å². The molecular formula is C11H16N4. The van der Waals surface area contributed by atoms with E-state index in [0.29, 0.717) is 0 Å². The standard InChI is InChI=1S/C11H16N4/c1-3-8(12)6-9-14-10-7(2)4-5-13-11(10)15-9/h4-5,8H,3,6,12H2,1-2H3,(H,13,14,15). The van der Waals surface area contributed by atoms with Crippen LogP contribution in [0.25, 0.3) is 11.2 Å². The maximum Gasteiger partial charge on any atom is 0.177 e. The average Bonchev–Trinajstić information content (AvgIpc) is 2.62. The van der Waals surface area contributed by atoms with Gasteiger partial charge < -0.3 is 10.7 Å². The molecule has 0 saturated heterocycles. The summed E-state index contributed by atoms with van der Waals surface area (Å²) < 4.78 is 0. The van der Waals surface area contributed by atoms with E-state index < -0.39 is 0 Å². The fourth-order valence-corrected chi connectivity index (χ4v) is 1.57. The summed E-state index contributed by atoms with van der Waals surface area (Å²) in [4.78, 5) is 11.9. The molecule has 1 atom stereocenters. The number of aromatic amines is 1. The van der Waals surface area contributed by atoms with Crippen LogP contribution in [0.15, 0.2) is 12.3 Å². The Hall–Kier alpha value is -1.42. The summed E-state index contributed by atoms with van der Waals surface area (Å²) in [5.74, 6) is 0.932. The van der Waals surface area contributed by atoms with E-state index in [2.05, 4.69) is 21.9 Å². The van der Waals surface area contributed by atoms with E-state index in [9.17, 15) is 0 Å². The second-order valence-electron chi connectivity index (χ2n) is 3.88. The summed E-state index contributed by atoms with van der Waals surface area (Å²) in [5, 5.41) is 0. The fraction of sp³-hybridized carbons (Fsp3) is 0.455. The highest BCUT2D eigenvalue weighted by Crippen LogP contribution is 2.13. The summed E-state index contributed by atoms with van der Waals surface area (Å²) in [5.41, 5.74) is 8.86. The van der Waals surface area contributed by atoms with Gasteiger partial charge in [-0.3, -0.25) is 0 Å². The largest absolute Gasteiger partial charge is 0.340 e. The van der Waals surface area contributed by atoms with Gasteiger partial charge in [0.05, 0.1) is 5.52 Å². The highest BCUT2D eigenvalue weighted by atomic mass is 15.0. The Morgan fingerprint density at radius 2 is 2.33 bits per heavy atom. The lowest BCUT2D eigenvalue weighted by Gasteiger charge is -2.04. The van der Waals surface area contributed by atoms with Crippen molar-refractivity contribution in [3.05, 3.63) is 23.7 Å². The van der Waals surface area contributed by atoms with E-state index >= 15 is 0 Å². The molecule has 4 heteroatoms. The molecule has 0 aromatic carbocycles. The van der Waals surface area contributed by atoms with Crippen molar-refractivity contribution in [1.82, 2.24) is 15.0 Å². The predicted octanol–water partition coefficient (Wildman–Crippen LogP) is 1.55. The van der Waals surface area contributed by atoms with Gasteiger partial charge in [0.25, 0.3) is 0 Å². The van der Waals surface area contributed by atoms with Crippen molar-refractivity contribution in [3.63, 3.8) is 0 Å². The second-order valence-corrected chi connectivity index (χ2v) is 3.88. The van der Waals surface area contributed by atoms with Crippen LogP contribution in [0.5, 0.6) is 0 Å².